The molecule has 0 aliphatic carbocycles. The van der Waals surface area contributed by atoms with E-state index >= 15 is 0 Å². The molecule has 0 aromatic carbocycles. The van der Waals surface area contributed by atoms with Crippen molar-refractivity contribution in [3.63, 3.8) is 0 Å². The van der Waals surface area contributed by atoms with Crippen LogP contribution in [0.1, 0.15) is 52.9 Å². The van der Waals surface area contributed by atoms with Gasteiger partial charge in [0.1, 0.15) is 0 Å². The summed E-state index contributed by atoms with van der Waals surface area (Å²) in [5.74, 6) is 1.20. The molecule has 0 aromatic rings. The number of rotatable bonds is 9. The van der Waals surface area contributed by atoms with Crippen molar-refractivity contribution in [3.05, 3.63) is 0 Å². The van der Waals surface area contributed by atoms with Crippen molar-refractivity contribution in [2.24, 2.45) is 0 Å². The maximum Gasteiger partial charge on any atom is 0.0613 e. The Morgan fingerprint density at radius 1 is 1.37 bits per heavy atom. The summed E-state index contributed by atoms with van der Waals surface area (Å²) in [6.07, 6.45) is 5.63. The minimum atomic E-state index is -0.0790. The molecule has 0 bridgehead atoms. The fourth-order valence-corrected chi connectivity index (χ4v) is 3.87. The Labute approximate surface area is 122 Å². The summed E-state index contributed by atoms with van der Waals surface area (Å²) in [6.45, 7) is 8.57. The van der Waals surface area contributed by atoms with Gasteiger partial charge in [0, 0.05) is 30.0 Å². The molecule has 1 aliphatic heterocycles. The number of hydrogen-bond acceptors (Lipinski definition) is 4. The van der Waals surface area contributed by atoms with Gasteiger partial charge in [-0.25, -0.2) is 0 Å². The molecule has 1 unspecified atom stereocenters. The molecule has 0 amide bonds. The lowest BCUT2D eigenvalue weighted by atomic mass is 9.91. The summed E-state index contributed by atoms with van der Waals surface area (Å²) in [5, 5.41) is 14.0. The second-order valence-corrected chi connectivity index (χ2v) is 7.29. The first-order chi connectivity index (χ1) is 9.12. The number of nitrogens with one attached hydrogen (secondary N) is 1. The zero-order valence-electron chi connectivity index (χ0n) is 12.8. The first kappa shape index (κ1) is 17.3. The average Bonchev–Trinajstić information content (AvgIpc) is 2.43. The normalized spacial score (nSPS) is 20.7. The van der Waals surface area contributed by atoms with E-state index in [9.17, 15) is 5.11 Å². The van der Waals surface area contributed by atoms with E-state index < -0.39 is 0 Å². The zero-order chi connectivity index (χ0) is 14.1. The molecule has 1 atom stereocenters. The van der Waals surface area contributed by atoms with Crippen molar-refractivity contribution < 1.29 is 9.84 Å². The largest absolute Gasteiger partial charge is 0.394 e. The van der Waals surface area contributed by atoms with Gasteiger partial charge in [0.15, 0.2) is 0 Å². The molecule has 1 heterocycles. The Morgan fingerprint density at radius 2 is 2.05 bits per heavy atom. The molecule has 0 aromatic heterocycles. The van der Waals surface area contributed by atoms with Crippen molar-refractivity contribution in [1.29, 1.82) is 0 Å². The molecule has 0 saturated carbocycles. The molecular formula is C15H31NO2S. The van der Waals surface area contributed by atoms with Gasteiger partial charge in [-0.15, -0.1) is 0 Å². The van der Waals surface area contributed by atoms with E-state index in [-0.39, 0.29) is 12.1 Å². The molecule has 3 nitrogen and oxygen atoms in total. The standard InChI is InChI=1S/C15H31NO2S/c1-4-15(12-17,16-13(2)3)8-5-11-19-14-6-9-18-10-7-14/h13-14,16-17H,4-12H2,1-3H3. The van der Waals surface area contributed by atoms with E-state index in [1.54, 1.807) is 0 Å². The SMILES string of the molecule is CCC(CO)(CCCSC1CCOCC1)NC(C)C. The molecule has 114 valence electrons. The van der Waals surface area contributed by atoms with Crippen molar-refractivity contribution >= 4 is 11.8 Å². The van der Waals surface area contributed by atoms with Gasteiger partial charge >= 0.3 is 0 Å². The highest BCUT2D eigenvalue weighted by atomic mass is 32.2. The van der Waals surface area contributed by atoms with Crippen LogP contribution in [-0.4, -0.2) is 47.5 Å². The summed E-state index contributed by atoms with van der Waals surface area (Å²) >= 11 is 2.09. The summed E-state index contributed by atoms with van der Waals surface area (Å²) in [7, 11) is 0. The number of aliphatic hydroxyl groups is 1. The number of thioether (sulfide) groups is 1. The molecule has 0 spiro atoms. The zero-order valence-corrected chi connectivity index (χ0v) is 13.6. The van der Waals surface area contributed by atoms with Gasteiger partial charge in [-0.05, 0) is 37.9 Å². The Balaban J connectivity index is 2.23. The van der Waals surface area contributed by atoms with Crippen LogP contribution in [0, 0.1) is 0 Å². The molecule has 1 aliphatic rings. The first-order valence-electron chi connectivity index (χ1n) is 7.70. The van der Waals surface area contributed by atoms with Crippen molar-refractivity contribution in [3.8, 4) is 0 Å². The number of ether oxygens (including phenoxy) is 1. The van der Waals surface area contributed by atoms with E-state index in [0.29, 0.717) is 6.04 Å². The summed E-state index contributed by atoms with van der Waals surface area (Å²) < 4.78 is 5.38. The van der Waals surface area contributed by atoms with Crippen molar-refractivity contribution in [2.75, 3.05) is 25.6 Å². The third kappa shape index (κ3) is 6.48. The summed E-state index contributed by atoms with van der Waals surface area (Å²) in [4.78, 5) is 0. The lowest BCUT2D eigenvalue weighted by Crippen LogP contribution is -2.51. The van der Waals surface area contributed by atoms with Crippen LogP contribution in [0.2, 0.25) is 0 Å². The van der Waals surface area contributed by atoms with E-state index in [2.05, 4.69) is 37.8 Å². The molecule has 19 heavy (non-hydrogen) atoms. The van der Waals surface area contributed by atoms with Gasteiger partial charge in [0.2, 0.25) is 0 Å². The van der Waals surface area contributed by atoms with Gasteiger partial charge in [0.25, 0.3) is 0 Å². The fraction of sp³-hybridized carbons (Fsp3) is 1.00. The van der Waals surface area contributed by atoms with Crippen LogP contribution in [0.3, 0.4) is 0 Å². The molecule has 1 rings (SSSR count). The maximum atomic E-state index is 9.69. The minimum Gasteiger partial charge on any atom is -0.394 e. The Morgan fingerprint density at radius 3 is 2.58 bits per heavy atom. The Bertz CT molecular complexity index is 226. The second-order valence-electron chi connectivity index (χ2n) is 5.88. The average molecular weight is 289 g/mol. The lowest BCUT2D eigenvalue weighted by Gasteiger charge is -2.34. The highest BCUT2D eigenvalue weighted by Crippen LogP contribution is 2.25. The van der Waals surface area contributed by atoms with E-state index in [4.69, 9.17) is 4.74 Å². The summed E-state index contributed by atoms with van der Waals surface area (Å²) in [5.41, 5.74) is -0.0790. The van der Waals surface area contributed by atoms with Crippen LogP contribution in [0.15, 0.2) is 0 Å². The molecule has 1 fully saturated rings. The van der Waals surface area contributed by atoms with Gasteiger partial charge in [-0.1, -0.05) is 20.8 Å². The fourth-order valence-electron chi connectivity index (χ4n) is 2.70. The monoisotopic (exact) mass is 289 g/mol. The van der Waals surface area contributed by atoms with E-state index in [1.807, 2.05) is 0 Å². The van der Waals surface area contributed by atoms with Crippen molar-refractivity contribution in [1.82, 2.24) is 5.32 Å². The van der Waals surface area contributed by atoms with Crippen LogP contribution in [0.25, 0.3) is 0 Å². The van der Waals surface area contributed by atoms with E-state index in [0.717, 1.165) is 31.3 Å². The quantitative estimate of drug-likeness (QED) is 0.641. The number of aliphatic hydroxyl groups excluding tert-OH is 1. The molecule has 2 N–H and O–H groups in total. The minimum absolute atomic E-state index is 0.0790. The molecule has 4 heteroatoms. The molecular weight excluding hydrogens is 258 g/mol. The predicted molar refractivity (Wildman–Crippen MR) is 83.9 cm³/mol. The van der Waals surface area contributed by atoms with Crippen LogP contribution < -0.4 is 5.32 Å². The van der Waals surface area contributed by atoms with Gasteiger partial charge in [-0.3, -0.25) is 0 Å². The smallest absolute Gasteiger partial charge is 0.0613 e. The Hall–Kier alpha value is 0.230. The first-order valence-corrected chi connectivity index (χ1v) is 8.74. The summed E-state index contributed by atoms with van der Waals surface area (Å²) in [6, 6.07) is 0.426. The molecule has 0 radical (unpaired) electrons. The van der Waals surface area contributed by atoms with Gasteiger partial charge < -0.3 is 15.2 Å². The third-order valence-corrected chi connectivity index (χ3v) is 5.36. The van der Waals surface area contributed by atoms with Crippen LogP contribution in [0.5, 0.6) is 0 Å². The lowest BCUT2D eigenvalue weighted by molar-refractivity contribution is 0.1000. The van der Waals surface area contributed by atoms with Crippen molar-refractivity contribution in [2.45, 2.75) is 69.7 Å². The number of hydrogen-bond donors (Lipinski definition) is 2. The van der Waals surface area contributed by atoms with Crippen LogP contribution >= 0.6 is 11.8 Å². The topological polar surface area (TPSA) is 41.5 Å². The van der Waals surface area contributed by atoms with Crippen LogP contribution in [-0.2, 0) is 4.74 Å². The van der Waals surface area contributed by atoms with E-state index in [1.165, 1.54) is 25.0 Å². The van der Waals surface area contributed by atoms with Gasteiger partial charge in [-0.2, -0.15) is 11.8 Å². The highest BCUT2D eigenvalue weighted by Gasteiger charge is 2.27. The third-order valence-electron chi connectivity index (χ3n) is 3.90. The maximum absolute atomic E-state index is 9.69. The van der Waals surface area contributed by atoms with Gasteiger partial charge in [0.05, 0.1) is 6.61 Å². The predicted octanol–water partition coefficient (Wildman–Crippen LogP) is 2.82. The molecule has 1 saturated heterocycles. The van der Waals surface area contributed by atoms with Crippen LogP contribution in [0.4, 0.5) is 0 Å². The highest BCUT2D eigenvalue weighted by molar-refractivity contribution is 7.99. The second kappa shape index (κ2) is 9.22. The Kier molecular flexibility index (Phi) is 8.38.